The van der Waals surface area contributed by atoms with Crippen LogP contribution in [0.2, 0.25) is 0 Å². The molecule has 2 fully saturated rings. The highest BCUT2D eigenvalue weighted by atomic mass is 32.2. The van der Waals surface area contributed by atoms with Crippen molar-refractivity contribution in [2.24, 2.45) is 17.6 Å². The number of nitrogens with two attached hydrogens (primary N) is 1. The summed E-state index contributed by atoms with van der Waals surface area (Å²) in [5.74, 6) is -0.00861. The van der Waals surface area contributed by atoms with E-state index in [-0.39, 0.29) is 42.7 Å². The highest BCUT2D eigenvalue weighted by Gasteiger charge is 2.44. The normalized spacial score (nSPS) is 22.3. The Morgan fingerprint density at radius 1 is 1.10 bits per heavy atom. The Morgan fingerprint density at radius 2 is 1.82 bits per heavy atom. The number of aryl methyl sites for hydroxylation is 1. The van der Waals surface area contributed by atoms with E-state index in [0.29, 0.717) is 26.0 Å². The number of nitrogens with one attached hydrogen (secondary N) is 1. The molecule has 10 nitrogen and oxygen atoms in total. The molecule has 2 aliphatic rings. The highest BCUT2D eigenvalue weighted by molar-refractivity contribution is 7.89. The molecule has 2 aromatic rings. The number of amides is 1. The van der Waals surface area contributed by atoms with Gasteiger partial charge in [-0.15, -0.1) is 0 Å². The van der Waals surface area contributed by atoms with Crippen LogP contribution >= 0.6 is 0 Å². The quantitative estimate of drug-likeness (QED) is 0.331. The van der Waals surface area contributed by atoms with Crippen molar-refractivity contribution >= 4 is 16.1 Å². The third kappa shape index (κ3) is 7.80. The van der Waals surface area contributed by atoms with Crippen molar-refractivity contribution in [3.05, 3.63) is 65.7 Å². The summed E-state index contributed by atoms with van der Waals surface area (Å²) in [7, 11) is -3.92. The van der Waals surface area contributed by atoms with Crippen LogP contribution in [-0.4, -0.2) is 74.8 Å². The van der Waals surface area contributed by atoms with Crippen LogP contribution < -0.4 is 11.1 Å². The van der Waals surface area contributed by atoms with E-state index in [1.807, 2.05) is 44.2 Å². The number of sulfonamides is 1. The van der Waals surface area contributed by atoms with E-state index in [0.717, 1.165) is 17.5 Å². The molecule has 5 atom stereocenters. The van der Waals surface area contributed by atoms with Crippen LogP contribution in [0, 0.1) is 11.8 Å². The Bertz CT molecular complexity index is 1190. The summed E-state index contributed by atoms with van der Waals surface area (Å²) >= 11 is 0. The smallest absolute Gasteiger partial charge is 0.407 e. The number of carbonyl (C=O) groups is 1. The number of hydrogen-bond donors (Lipinski definition) is 3. The standard InChI is InChI=1S/C29H41N3O7S/c1-20(2)17-32(40(35,36)23-11-8-22(16-30)9-12-23)18-26(33)25(13-10-21-6-4-3-5-7-21)31-29(34)39-27-19-38-28-24(27)14-15-37-28/h3-9,11-12,20,24-28,33H,10,13-19,30H2,1-2H3,(H,31,34)/t24-,25-,26+,27-,28+/m0/s1. The van der Waals surface area contributed by atoms with Gasteiger partial charge >= 0.3 is 6.09 Å². The molecule has 0 spiro atoms. The van der Waals surface area contributed by atoms with Crippen molar-refractivity contribution in [2.45, 2.75) is 69.1 Å². The van der Waals surface area contributed by atoms with Crippen LogP contribution in [0.15, 0.2) is 59.5 Å². The van der Waals surface area contributed by atoms with E-state index in [2.05, 4.69) is 5.32 Å². The molecule has 2 aromatic carbocycles. The first-order valence-electron chi connectivity index (χ1n) is 13.9. The van der Waals surface area contributed by atoms with Crippen LogP contribution in [0.5, 0.6) is 0 Å². The summed E-state index contributed by atoms with van der Waals surface area (Å²) in [4.78, 5) is 13.1. The molecule has 11 heteroatoms. The van der Waals surface area contributed by atoms with Crippen LogP contribution in [0.1, 0.15) is 37.8 Å². The van der Waals surface area contributed by atoms with Gasteiger partial charge in [0.1, 0.15) is 6.10 Å². The van der Waals surface area contributed by atoms with Gasteiger partial charge in [-0.1, -0.05) is 56.3 Å². The molecule has 40 heavy (non-hydrogen) atoms. The molecule has 2 heterocycles. The van der Waals surface area contributed by atoms with Crippen molar-refractivity contribution < 1.29 is 32.5 Å². The second-order valence-corrected chi connectivity index (χ2v) is 12.8. The van der Waals surface area contributed by atoms with Gasteiger partial charge in [0, 0.05) is 19.6 Å². The largest absolute Gasteiger partial charge is 0.443 e. The molecular formula is C29H41N3O7S. The van der Waals surface area contributed by atoms with Crippen LogP contribution in [-0.2, 0) is 37.2 Å². The Hall–Kier alpha value is -2.54. The first-order valence-corrected chi connectivity index (χ1v) is 15.3. The number of aliphatic hydroxyl groups excluding tert-OH is 1. The molecule has 0 aromatic heterocycles. The average molecular weight is 576 g/mol. The SMILES string of the molecule is CC(C)CN(C[C@@H](O)[C@H](CCc1ccccc1)NC(=O)O[C@H]1CO[C@H]2OCC[C@H]21)S(=O)(=O)c1ccc(CN)cc1. The minimum absolute atomic E-state index is 0.00919. The van der Waals surface area contributed by atoms with E-state index in [4.69, 9.17) is 19.9 Å². The summed E-state index contributed by atoms with van der Waals surface area (Å²) in [6.07, 6.45) is -0.941. The molecular weight excluding hydrogens is 534 g/mol. The monoisotopic (exact) mass is 575 g/mol. The first-order chi connectivity index (χ1) is 19.2. The number of ether oxygens (including phenoxy) is 3. The zero-order chi connectivity index (χ0) is 28.7. The Morgan fingerprint density at radius 3 is 2.50 bits per heavy atom. The van der Waals surface area contributed by atoms with E-state index in [1.165, 1.54) is 16.4 Å². The van der Waals surface area contributed by atoms with E-state index < -0.39 is 34.4 Å². The average Bonchev–Trinajstić information content (AvgIpc) is 3.56. The first kappa shape index (κ1) is 30.4. The lowest BCUT2D eigenvalue weighted by atomic mass is 10.0. The van der Waals surface area contributed by atoms with Gasteiger partial charge in [-0.05, 0) is 48.4 Å². The molecule has 4 N–H and O–H groups in total. The lowest BCUT2D eigenvalue weighted by Crippen LogP contribution is -2.51. The Kier molecular flexibility index (Phi) is 10.6. The molecule has 2 saturated heterocycles. The third-order valence-corrected chi connectivity index (χ3v) is 9.20. The van der Waals surface area contributed by atoms with E-state index in [9.17, 15) is 18.3 Å². The number of rotatable bonds is 13. The van der Waals surface area contributed by atoms with Gasteiger partial charge in [-0.25, -0.2) is 13.2 Å². The van der Waals surface area contributed by atoms with Gasteiger partial charge in [0.05, 0.1) is 36.2 Å². The van der Waals surface area contributed by atoms with Crippen molar-refractivity contribution in [3.8, 4) is 0 Å². The van der Waals surface area contributed by atoms with Gasteiger partial charge in [-0.2, -0.15) is 4.31 Å². The maximum Gasteiger partial charge on any atom is 0.407 e. The van der Waals surface area contributed by atoms with Gasteiger partial charge < -0.3 is 30.4 Å². The predicted octanol–water partition coefficient (Wildman–Crippen LogP) is 2.64. The lowest BCUT2D eigenvalue weighted by Gasteiger charge is -2.31. The summed E-state index contributed by atoms with van der Waals surface area (Å²) in [5, 5.41) is 14.2. The number of carbonyl (C=O) groups excluding carboxylic acids is 1. The van der Waals surface area contributed by atoms with E-state index >= 15 is 0 Å². The van der Waals surface area contributed by atoms with Crippen LogP contribution in [0.4, 0.5) is 4.79 Å². The number of hydrogen-bond acceptors (Lipinski definition) is 8. The minimum Gasteiger partial charge on any atom is -0.443 e. The second-order valence-electron chi connectivity index (χ2n) is 10.9. The molecule has 0 unspecified atom stereocenters. The number of aliphatic hydroxyl groups is 1. The molecule has 0 bridgehead atoms. The van der Waals surface area contributed by atoms with Crippen LogP contribution in [0.3, 0.4) is 0 Å². The highest BCUT2D eigenvalue weighted by Crippen LogP contribution is 2.33. The van der Waals surface area contributed by atoms with Crippen molar-refractivity contribution in [1.82, 2.24) is 9.62 Å². The fourth-order valence-electron chi connectivity index (χ4n) is 5.16. The van der Waals surface area contributed by atoms with Crippen molar-refractivity contribution in [3.63, 3.8) is 0 Å². The maximum atomic E-state index is 13.6. The number of fused-ring (bicyclic) bond motifs is 1. The number of nitrogens with zero attached hydrogens (tertiary/aromatic N) is 1. The fourth-order valence-corrected chi connectivity index (χ4v) is 6.78. The van der Waals surface area contributed by atoms with E-state index in [1.54, 1.807) is 12.1 Å². The fraction of sp³-hybridized carbons (Fsp3) is 0.552. The summed E-state index contributed by atoms with van der Waals surface area (Å²) in [6, 6.07) is 15.4. The summed E-state index contributed by atoms with van der Waals surface area (Å²) in [5.41, 5.74) is 7.53. The van der Waals surface area contributed by atoms with Gasteiger partial charge in [0.25, 0.3) is 0 Å². The predicted molar refractivity (Wildman–Crippen MR) is 150 cm³/mol. The second kappa shape index (κ2) is 13.9. The summed E-state index contributed by atoms with van der Waals surface area (Å²) < 4.78 is 45.3. The molecule has 220 valence electrons. The summed E-state index contributed by atoms with van der Waals surface area (Å²) in [6.45, 7) is 4.96. The lowest BCUT2D eigenvalue weighted by molar-refractivity contribution is -0.0907. The third-order valence-electron chi connectivity index (χ3n) is 7.35. The Labute approximate surface area is 236 Å². The number of alkyl carbamates (subject to hydrolysis) is 1. The molecule has 2 aliphatic heterocycles. The molecule has 4 rings (SSSR count). The molecule has 0 saturated carbocycles. The van der Waals surface area contributed by atoms with Gasteiger partial charge in [0.2, 0.25) is 10.0 Å². The van der Waals surface area contributed by atoms with Gasteiger partial charge in [-0.3, -0.25) is 0 Å². The zero-order valence-electron chi connectivity index (χ0n) is 23.1. The Balaban J connectivity index is 1.49. The number of benzene rings is 2. The van der Waals surface area contributed by atoms with Crippen molar-refractivity contribution in [2.75, 3.05) is 26.3 Å². The topological polar surface area (TPSA) is 140 Å². The molecule has 0 aliphatic carbocycles. The van der Waals surface area contributed by atoms with Crippen LogP contribution in [0.25, 0.3) is 0 Å². The molecule has 1 amide bonds. The minimum atomic E-state index is -3.92. The van der Waals surface area contributed by atoms with Crippen molar-refractivity contribution in [1.29, 1.82) is 0 Å². The maximum absolute atomic E-state index is 13.6. The molecule has 0 radical (unpaired) electrons. The zero-order valence-corrected chi connectivity index (χ0v) is 24.0. The van der Waals surface area contributed by atoms with Gasteiger partial charge in [0.15, 0.2) is 6.29 Å².